The van der Waals surface area contributed by atoms with E-state index < -0.39 is 0 Å². The fourth-order valence-electron chi connectivity index (χ4n) is 3.01. The fraction of sp³-hybridized carbons (Fsp3) is 0.250. The molecule has 1 N–H and O–H groups in total. The SMILES string of the molecule is C/C(=N/NC(=O)COc1ccccc1C(C)(C)C)c1ccc2ccccc2c1. The summed E-state index contributed by atoms with van der Waals surface area (Å²) in [7, 11) is 0. The van der Waals surface area contributed by atoms with Crippen molar-refractivity contribution in [1.82, 2.24) is 5.43 Å². The van der Waals surface area contributed by atoms with Gasteiger partial charge >= 0.3 is 0 Å². The van der Waals surface area contributed by atoms with Gasteiger partial charge in [0.05, 0.1) is 5.71 Å². The third-order valence-electron chi connectivity index (χ3n) is 4.57. The van der Waals surface area contributed by atoms with Crippen LogP contribution in [0.15, 0.2) is 71.8 Å². The van der Waals surface area contributed by atoms with Crippen LogP contribution in [0, 0.1) is 0 Å². The number of fused-ring (bicyclic) bond motifs is 1. The Balaban J connectivity index is 1.63. The number of benzene rings is 3. The van der Waals surface area contributed by atoms with Gasteiger partial charge in [0, 0.05) is 0 Å². The van der Waals surface area contributed by atoms with Crippen molar-refractivity contribution < 1.29 is 9.53 Å². The fourth-order valence-corrected chi connectivity index (χ4v) is 3.01. The standard InChI is InChI=1S/C24H26N2O2/c1-17(19-14-13-18-9-5-6-10-20(18)15-19)25-26-23(27)16-28-22-12-8-7-11-21(22)24(2,3)4/h5-15H,16H2,1-4H3,(H,26,27)/b25-17-. The van der Waals surface area contributed by atoms with Gasteiger partial charge in [-0.1, -0.05) is 75.4 Å². The van der Waals surface area contributed by atoms with E-state index in [4.69, 9.17) is 4.74 Å². The highest BCUT2D eigenvalue weighted by Crippen LogP contribution is 2.30. The molecular weight excluding hydrogens is 348 g/mol. The molecule has 3 rings (SSSR count). The van der Waals surface area contributed by atoms with E-state index in [2.05, 4.69) is 55.6 Å². The Labute approximate surface area is 166 Å². The quantitative estimate of drug-likeness (QED) is 0.501. The van der Waals surface area contributed by atoms with Crippen LogP contribution in [0.25, 0.3) is 10.8 Å². The van der Waals surface area contributed by atoms with Crippen LogP contribution in [0.4, 0.5) is 0 Å². The number of hydrogen-bond acceptors (Lipinski definition) is 3. The van der Waals surface area contributed by atoms with Crippen LogP contribution in [0.5, 0.6) is 5.75 Å². The maximum atomic E-state index is 12.2. The number of nitrogens with one attached hydrogen (secondary N) is 1. The summed E-state index contributed by atoms with van der Waals surface area (Å²) in [6.45, 7) is 8.15. The molecule has 0 unspecified atom stereocenters. The highest BCUT2D eigenvalue weighted by Gasteiger charge is 2.18. The molecule has 0 atom stereocenters. The smallest absolute Gasteiger partial charge is 0.277 e. The zero-order valence-corrected chi connectivity index (χ0v) is 16.8. The van der Waals surface area contributed by atoms with Crippen molar-refractivity contribution in [3.8, 4) is 5.75 Å². The Hall–Kier alpha value is -3.14. The van der Waals surface area contributed by atoms with Crippen LogP contribution in [0.2, 0.25) is 0 Å². The minimum absolute atomic E-state index is 0.0576. The van der Waals surface area contributed by atoms with E-state index in [1.165, 1.54) is 5.39 Å². The van der Waals surface area contributed by atoms with Crippen molar-refractivity contribution in [3.05, 3.63) is 77.9 Å². The average Bonchev–Trinajstić information content (AvgIpc) is 2.69. The van der Waals surface area contributed by atoms with Gasteiger partial charge in [0.1, 0.15) is 5.75 Å². The molecule has 28 heavy (non-hydrogen) atoms. The van der Waals surface area contributed by atoms with Crippen molar-refractivity contribution in [2.75, 3.05) is 6.61 Å². The first-order chi connectivity index (χ1) is 13.3. The molecule has 3 aromatic rings. The normalized spacial score (nSPS) is 12.1. The molecule has 0 radical (unpaired) electrons. The molecule has 0 aromatic heterocycles. The van der Waals surface area contributed by atoms with Gasteiger partial charge in [-0.25, -0.2) is 5.43 Å². The second kappa shape index (κ2) is 8.26. The highest BCUT2D eigenvalue weighted by molar-refractivity contribution is 6.02. The topological polar surface area (TPSA) is 50.7 Å². The molecule has 0 aliphatic heterocycles. The number of ether oxygens (including phenoxy) is 1. The Morgan fingerprint density at radius 3 is 2.39 bits per heavy atom. The third kappa shape index (κ3) is 4.77. The highest BCUT2D eigenvalue weighted by atomic mass is 16.5. The molecule has 0 aliphatic rings. The summed E-state index contributed by atoms with van der Waals surface area (Å²) in [5.41, 5.74) is 5.31. The van der Waals surface area contributed by atoms with Crippen LogP contribution in [-0.4, -0.2) is 18.2 Å². The minimum Gasteiger partial charge on any atom is -0.483 e. The van der Waals surface area contributed by atoms with E-state index in [0.29, 0.717) is 0 Å². The molecule has 3 aromatic carbocycles. The first kappa shape index (κ1) is 19.6. The van der Waals surface area contributed by atoms with Gasteiger partial charge in [0.25, 0.3) is 5.91 Å². The lowest BCUT2D eigenvalue weighted by atomic mass is 9.86. The maximum absolute atomic E-state index is 12.2. The molecule has 0 fully saturated rings. The van der Waals surface area contributed by atoms with Gasteiger partial charge in [0.2, 0.25) is 0 Å². The second-order valence-corrected chi connectivity index (χ2v) is 7.83. The van der Waals surface area contributed by atoms with E-state index in [0.717, 1.165) is 28.0 Å². The monoisotopic (exact) mass is 374 g/mol. The molecule has 0 saturated carbocycles. The number of para-hydroxylation sites is 1. The predicted molar refractivity (Wildman–Crippen MR) is 115 cm³/mol. The molecule has 0 spiro atoms. The van der Waals surface area contributed by atoms with Crippen molar-refractivity contribution in [2.24, 2.45) is 5.10 Å². The molecular formula is C24H26N2O2. The van der Waals surface area contributed by atoms with Crippen LogP contribution in [0.1, 0.15) is 38.8 Å². The number of amides is 1. The molecule has 0 saturated heterocycles. The van der Waals surface area contributed by atoms with Gasteiger partial charge in [0.15, 0.2) is 6.61 Å². The molecule has 0 bridgehead atoms. The number of rotatable bonds is 5. The summed E-state index contributed by atoms with van der Waals surface area (Å²) in [4.78, 5) is 12.2. The Morgan fingerprint density at radius 2 is 1.64 bits per heavy atom. The molecule has 4 nitrogen and oxygen atoms in total. The number of hydrogen-bond donors (Lipinski definition) is 1. The van der Waals surface area contributed by atoms with E-state index in [-0.39, 0.29) is 17.9 Å². The Bertz CT molecular complexity index is 1020. The summed E-state index contributed by atoms with van der Waals surface area (Å²) in [5, 5.41) is 6.54. The van der Waals surface area contributed by atoms with Crippen molar-refractivity contribution >= 4 is 22.4 Å². The summed E-state index contributed by atoms with van der Waals surface area (Å²) >= 11 is 0. The number of carbonyl (C=O) groups is 1. The van der Waals surface area contributed by atoms with Crippen LogP contribution in [0.3, 0.4) is 0 Å². The Morgan fingerprint density at radius 1 is 0.964 bits per heavy atom. The number of nitrogens with zero attached hydrogens (tertiary/aromatic N) is 1. The van der Waals surface area contributed by atoms with E-state index in [1.54, 1.807) is 0 Å². The van der Waals surface area contributed by atoms with Gasteiger partial charge in [-0.15, -0.1) is 0 Å². The maximum Gasteiger partial charge on any atom is 0.277 e. The van der Waals surface area contributed by atoms with E-state index in [1.807, 2.05) is 49.4 Å². The largest absolute Gasteiger partial charge is 0.483 e. The molecule has 4 heteroatoms. The van der Waals surface area contributed by atoms with Crippen molar-refractivity contribution in [3.63, 3.8) is 0 Å². The number of carbonyl (C=O) groups excluding carboxylic acids is 1. The average molecular weight is 374 g/mol. The molecule has 0 heterocycles. The zero-order chi connectivity index (χ0) is 20.1. The van der Waals surface area contributed by atoms with E-state index >= 15 is 0 Å². The lowest BCUT2D eigenvalue weighted by molar-refractivity contribution is -0.123. The Kier molecular flexibility index (Phi) is 5.78. The zero-order valence-electron chi connectivity index (χ0n) is 16.8. The van der Waals surface area contributed by atoms with E-state index in [9.17, 15) is 4.79 Å². The van der Waals surface area contributed by atoms with Crippen molar-refractivity contribution in [1.29, 1.82) is 0 Å². The van der Waals surface area contributed by atoms with Crippen LogP contribution >= 0.6 is 0 Å². The predicted octanol–water partition coefficient (Wildman–Crippen LogP) is 5.06. The molecule has 0 aliphatic carbocycles. The van der Waals surface area contributed by atoms with Crippen LogP contribution < -0.4 is 10.2 Å². The van der Waals surface area contributed by atoms with Crippen molar-refractivity contribution in [2.45, 2.75) is 33.1 Å². The van der Waals surface area contributed by atoms with Crippen LogP contribution in [-0.2, 0) is 10.2 Å². The lowest BCUT2D eigenvalue weighted by Crippen LogP contribution is -2.26. The summed E-state index contributed by atoms with van der Waals surface area (Å²) < 4.78 is 5.74. The van der Waals surface area contributed by atoms with Gasteiger partial charge in [-0.2, -0.15) is 5.10 Å². The number of hydrazone groups is 1. The first-order valence-electron chi connectivity index (χ1n) is 9.39. The van der Waals surface area contributed by atoms with Gasteiger partial charge in [-0.3, -0.25) is 4.79 Å². The lowest BCUT2D eigenvalue weighted by Gasteiger charge is -2.22. The van der Waals surface area contributed by atoms with Gasteiger partial charge < -0.3 is 4.74 Å². The van der Waals surface area contributed by atoms with Gasteiger partial charge in [-0.05, 0) is 46.4 Å². The summed E-state index contributed by atoms with van der Waals surface area (Å²) in [6.07, 6.45) is 0. The summed E-state index contributed by atoms with van der Waals surface area (Å²) in [6, 6.07) is 22.1. The third-order valence-corrected chi connectivity index (χ3v) is 4.57. The first-order valence-corrected chi connectivity index (χ1v) is 9.39. The second-order valence-electron chi connectivity index (χ2n) is 7.83. The molecule has 144 valence electrons. The minimum atomic E-state index is -0.288. The molecule has 1 amide bonds. The summed E-state index contributed by atoms with van der Waals surface area (Å²) in [5.74, 6) is 0.434.